The van der Waals surface area contributed by atoms with Crippen LogP contribution >= 0.6 is 0 Å². The predicted molar refractivity (Wildman–Crippen MR) is 72.7 cm³/mol. The van der Waals surface area contributed by atoms with Gasteiger partial charge in [0.1, 0.15) is 6.54 Å². The summed E-state index contributed by atoms with van der Waals surface area (Å²) in [5.74, 6) is -0.993. The van der Waals surface area contributed by atoms with Crippen LogP contribution in [0.3, 0.4) is 0 Å². The Morgan fingerprint density at radius 2 is 2.00 bits per heavy atom. The highest BCUT2D eigenvalue weighted by Crippen LogP contribution is 2.23. The zero-order valence-corrected chi connectivity index (χ0v) is 12.1. The molecule has 0 aromatic heterocycles. The molecule has 0 aromatic rings. The average molecular weight is 288 g/mol. The maximum absolute atomic E-state index is 12.1. The normalized spacial score (nSPS) is 16.9. The number of carbonyl (C=O) groups is 2. The lowest BCUT2D eigenvalue weighted by atomic mass is 10.2. The molecule has 0 radical (unpaired) electrons. The van der Waals surface area contributed by atoms with Crippen LogP contribution in [0.5, 0.6) is 0 Å². The lowest BCUT2D eigenvalue weighted by Crippen LogP contribution is -2.49. The van der Waals surface area contributed by atoms with E-state index in [0.717, 1.165) is 25.7 Å². The summed E-state index contributed by atoms with van der Waals surface area (Å²) in [5.41, 5.74) is 0. The first-order chi connectivity index (χ1) is 9.58. The van der Waals surface area contributed by atoms with Crippen LogP contribution in [0.25, 0.3) is 0 Å². The summed E-state index contributed by atoms with van der Waals surface area (Å²) >= 11 is 0. The summed E-state index contributed by atoms with van der Waals surface area (Å²) < 4.78 is 10.1. The number of carboxylic acid groups (broad SMARTS) is 1. The molecule has 1 aliphatic rings. The van der Waals surface area contributed by atoms with Crippen LogP contribution in [0.4, 0.5) is 4.79 Å². The van der Waals surface area contributed by atoms with Crippen molar-refractivity contribution in [3.05, 3.63) is 0 Å². The molecule has 0 heterocycles. The van der Waals surface area contributed by atoms with Crippen LogP contribution in [-0.2, 0) is 14.3 Å². The zero-order valence-electron chi connectivity index (χ0n) is 12.1. The molecule has 1 atom stereocenters. The van der Waals surface area contributed by atoms with Gasteiger partial charge in [-0.15, -0.1) is 0 Å². The standard InChI is InChI=1S/C13H24N2O5/c1-19-9-11(20-2)7-14-13(18)15(8-12(16)17)10-5-3-4-6-10/h10-11H,3-9H2,1-2H3,(H,14,18)(H,16,17). The predicted octanol–water partition coefficient (Wildman–Crippen LogP) is 0.687. The molecular formula is C13H24N2O5. The van der Waals surface area contributed by atoms with Gasteiger partial charge in [-0.25, -0.2) is 4.79 Å². The first kappa shape index (κ1) is 16.7. The van der Waals surface area contributed by atoms with Gasteiger partial charge in [0, 0.05) is 26.8 Å². The summed E-state index contributed by atoms with van der Waals surface area (Å²) in [6, 6.07) is -0.327. The molecule has 1 aliphatic carbocycles. The van der Waals surface area contributed by atoms with Crippen LogP contribution < -0.4 is 5.32 Å². The van der Waals surface area contributed by atoms with E-state index in [9.17, 15) is 9.59 Å². The molecule has 0 saturated heterocycles. The van der Waals surface area contributed by atoms with Crippen molar-refractivity contribution in [3.8, 4) is 0 Å². The van der Waals surface area contributed by atoms with Gasteiger partial charge >= 0.3 is 12.0 Å². The van der Waals surface area contributed by atoms with Crippen molar-refractivity contribution in [1.29, 1.82) is 0 Å². The summed E-state index contributed by atoms with van der Waals surface area (Å²) in [7, 11) is 3.10. The first-order valence-corrected chi connectivity index (χ1v) is 6.86. The number of nitrogens with zero attached hydrogens (tertiary/aromatic N) is 1. The van der Waals surface area contributed by atoms with Gasteiger partial charge in [0.15, 0.2) is 0 Å². The lowest BCUT2D eigenvalue weighted by Gasteiger charge is -2.28. The number of ether oxygens (including phenoxy) is 2. The molecule has 0 spiro atoms. The van der Waals surface area contributed by atoms with Crippen molar-refractivity contribution in [2.75, 3.05) is 33.9 Å². The summed E-state index contributed by atoms with van der Waals surface area (Å²) in [6.45, 7) is 0.406. The Kier molecular flexibility index (Phi) is 7.32. The minimum absolute atomic E-state index is 0.0227. The van der Waals surface area contributed by atoms with Gasteiger partial charge in [-0.1, -0.05) is 12.8 Å². The van der Waals surface area contributed by atoms with E-state index >= 15 is 0 Å². The number of aliphatic carboxylic acids is 1. The number of carboxylic acids is 1. The van der Waals surface area contributed by atoms with E-state index in [0.29, 0.717) is 13.2 Å². The Bertz CT molecular complexity index is 318. The van der Waals surface area contributed by atoms with Crippen LogP contribution in [0.2, 0.25) is 0 Å². The van der Waals surface area contributed by atoms with Crippen molar-refractivity contribution in [3.63, 3.8) is 0 Å². The zero-order chi connectivity index (χ0) is 15.0. The molecule has 1 saturated carbocycles. The maximum Gasteiger partial charge on any atom is 0.323 e. The van der Waals surface area contributed by atoms with E-state index in [1.54, 1.807) is 14.2 Å². The third-order valence-corrected chi connectivity index (χ3v) is 3.50. The molecule has 1 unspecified atom stereocenters. The largest absolute Gasteiger partial charge is 0.480 e. The lowest BCUT2D eigenvalue weighted by molar-refractivity contribution is -0.138. The van der Waals surface area contributed by atoms with E-state index in [2.05, 4.69) is 5.32 Å². The quantitative estimate of drug-likeness (QED) is 0.686. The Labute approximate surface area is 119 Å². The molecule has 2 N–H and O–H groups in total. The summed E-state index contributed by atoms with van der Waals surface area (Å²) in [4.78, 5) is 24.5. The highest BCUT2D eigenvalue weighted by molar-refractivity contribution is 5.80. The van der Waals surface area contributed by atoms with Crippen molar-refractivity contribution in [2.45, 2.75) is 37.8 Å². The van der Waals surface area contributed by atoms with Crippen LogP contribution in [0.15, 0.2) is 0 Å². The molecule has 20 heavy (non-hydrogen) atoms. The van der Waals surface area contributed by atoms with Crippen LogP contribution in [0.1, 0.15) is 25.7 Å². The third kappa shape index (κ3) is 5.34. The first-order valence-electron chi connectivity index (χ1n) is 6.86. The monoisotopic (exact) mass is 288 g/mol. The molecular weight excluding hydrogens is 264 g/mol. The number of hydrogen-bond donors (Lipinski definition) is 2. The number of carbonyl (C=O) groups excluding carboxylic acids is 1. The molecule has 0 bridgehead atoms. The highest BCUT2D eigenvalue weighted by Gasteiger charge is 2.28. The second kappa shape index (κ2) is 8.76. The minimum atomic E-state index is -0.993. The van der Waals surface area contributed by atoms with E-state index in [1.807, 2.05) is 0 Å². The molecule has 116 valence electrons. The van der Waals surface area contributed by atoms with E-state index < -0.39 is 5.97 Å². The highest BCUT2D eigenvalue weighted by atomic mass is 16.5. The second-order valence-electron chi connectivity index (χ2n) is 4.96. The fourth-order valence-corrected chi connectivity index (χ4v) is 2.43. The average Bonchev–Trinajstić information content (AvgIpc) is 2.94. The molecule has 0 aliphatic heterocycles. The Hall–Kier alpha value is -1.34. The van der Waals surface area contributed by atoms with Crippen molar-refractivity contribution in [2.24, 2.45) is 0 Å². The van der Waals surface area contributed by atoms with Gasteiger partial charge in [0.25, 0.3) is 0 Å². The van der Waals surface area contributed by atoms with Gasteiger partial charge in [0.2, 0.25) is 0 Å². The van der Waals surface area contributed by atoms with Gasteiger partial charge in [0.05, 0.1) is 12.7 Å². The van der Waals surface area contributed by atoms with Crippen LogP contribution in [-0.4, -0.2) is 68.1 Å². The van der Waals surface area contributed by atoms with E-state index in [-0.39, 0.29) is 24.7 Å². The number of hydrogen-bond acceptors (Lipinski definition) is 4. The fraction of sp³-hybridized carbons (Fsp3) is 0.846. The Morgan fingerprint density at radius 1 is 1.35 bits per heavy atom. The molecule has 7 nitrogen and oxygen atoms in total. The molecule has 0 aromatic carbocycles. The fourth-order valence-electron chi connectivity index (χ4n) is 2.43. The van der Waals surface area contributed by atoms with E-state index in [1.165, 1.54) is 4.90 Å². The Morgan fingerprint density at radius 3 is 2.50 bits per heavy atom. The molecule has 1 rings (SSSR count). The summed E-state index contributed by atoms with van der Waals surface area (Å²) in [5, 5.41) is 11.7. The number of nitrogens with one attached hydrogen (secondary N) is 1. The molecule has 2 amide bonds. The SMILES string of the molecule is COCC(CNC(=O)N(CC(=O)O)C1CCCC1)OC. The Balaban J connectivity index is 2.51. The third-order valence-electron chi connectivity index (χ3n) is 3.50. The topological polar surface area (TPSA) is 88.1 Å². The maximum atomic E-state index is 12.1. The van der Waals surface area contributed by atoms with Crippen LogP contribution in [0, 0.1) is 0 Å². The molecule has 7 heteroatoms. The number of urea groups is 1. The minimum Gasteiger partial charge on any atom is -0.480 e. The second-order valence-corrected chi connectivity index (χ2v) is 4.96. The van der Waals surface area contributed by atoms with Gasteiger partial charge in [-0.2, -0.15) is 0 Å². The van der Waals surface area contributed by atoms with Crippen molar-refractivity contribution >= 4 is 12.0 Å². The number of rotatable bonds is 8. The molecule has 1 fully saturated rings. The van der Waals surface area contributed by atoms with Gasteiger partial charge < -0.3 is 24.8 Å². The van der Waals surface area contributed by atoms with Crippen molar-refractivity contribution in [1.82, 2.24) is 10.2 Å². The smallest absolute Gasteiger partial charge is 0.323 e. The van der Waals surface area contributed by atoms with E-state index in [4.69, 9.17) is 14.6 Å². The van der Waals surface area contributed by atoms with Gasteiger partial charge in [-0.05, 0) is 12.8 Å². The van der Waals surface area contributed by atoms with Gasteiger partial charge in [-0.3, -0.25) is 4.79 Å². The number of amides is 2. The number of methoxy groups -OCH3 is 2. The van der Waals surface area contributed by atoms with Crippen molar-refractivity contribution < 1.29 is 24.2 Å². The summed E-state index contributed by atoms with van der Waals surface area (Å²) in [6.07, 6.45) is 3.58.